The molecule has 2 saturated carbocycles. The first-order valence-corrected chi connectivity index (χ1v) is 8.74. The third kappa shape index (κ3) is 2.78. The molecule has 1 aliphatic heterocycles. The Balaban J connectivity index is 1.55. The lowest BCUT2D eigenvalue weighted by molar-refractivity contribution is -0.00711. The first kappa shape index (κ1) is 15.1. The number of hydrogen-bond donors (Lipinski definition) is 2. The molecule has 2 aliphatic carbocycles. The summed E-state index contributed by atoms with van der Waals surface area (Å²) >= 11 is 0. The zero-order valence-corrected chi connectivity index (χ0v) is 13.8. The van der Waals surface area contributed by atoms with Crippen molar-refractivity contribution in [3.8, 4) is 0 Å². The normalized spacial score (nSPS) is 33.0. The predicted molar refractivity (Wildman–Crippen MR) is 84.0 cm³/mol. The topological polar surface area (TPSA) is 78.5 Å². The number of aromatic nitrogens is 2. The summed E-state index contributed by atoms with van der Waals surface area (Å²) in [6, 6.07) is 0.363. The number of nitrogens with zero attached hydrogens (tertiary/aromatic N) is 2. The van der Waals surface area contributed by atoms with Crippen LogP contribution in [-0.2, 0) is 11.2 Å². The highest BCUT2D eigenvalue weighted by Gasteiger charge is 2.40. The van der Waals surface area contributed by atoms with Gasteiger partial charge in [0, 0.05) is 24.6 Å². The van der Waals surface area contributed by atoms with Crippen LogP contribution in [0.4, 0.5) is 0 Å². The van der Waals surface area contributed by atoms with Crippen LogP contribution in [0, 0.1) is 5.92 Å². The first-order valence-electron chi connectivity index (χ1n) is 8.74. The number of H-pyrrole nitrogens is 1. The van der Waals surface area contributed by atoms with E-state index in [1.807, 2.05) is 18.7 Å². The van der Waals surface area contributed by atoms with Crippen LogP contribution in [0.15, 0.2) is 0 Å². The molecule has 2 heterocycles. The van der Waals surface area contributed by atoms with Crippen LogP contribution in [0.1, 0.15) is 67.4 Å². The Morgan fingerprint density at radius 1 is 1.39 bits per heavy atom. The molecule has 1 aromatic rings. The van der Waals surface area contributed by atoms with Crippen LogP contribution in [0.2, 0.25) is 0 Å². The van der Waals surface area contributed by atoms with E-state index in [1.54, 1.807) is 0 Å². The molecule has 2 atom stereocenters. The number of nitrogens with one attached hydrogen (secondary N) is 1. The molecular weight excluding hydrogens is 294 g/mol. The van der Waals surface area contributed by atoms with E-state index in [1.165, 1.54) is 0 Å². The van der Waals surface area contributed by atoms with Gasteiger partial charge in [0.25, 0.3) is 5.91 Å². The molecule has 2 fully saturated rings. The summed E-state index contributed by atoms with van der Waals surface area (Å²) in [6.07, 6.45) is 4.43. The van der Waals surface area contributed by atoms with Gasteiger partial charge >= 0.3 is 0 Å². The molecule has 0 aromatic carbocycles. The second-order valence-corrected chi connectivity index (χ2v) is 7.44. The van der Waals surface area contributed by atoms with Crippen molar-refractivity contribution in [1.82, 2.24) is 15.1 Å². The number of carbonyl (C=O) groups is 1. The van der Waals surface area contributed by atoms with E-state index < -0.39 is 0 Å². The summed E-state index contributed by atoms with van der Waals surface area (Å²) in [4.78, 5) is 15.1. The summed E-state index contributed by atoms with van der Waals surface area (Å²) in [5.74, 6) is 0.484. The molecule has 0 bridgehead atoms. The minimum absolute atomic E-state index is 0.0426. The van der Waals surface area contributed by atoms with E-state index >= 15 is 0 Å². The number of fused-ring (bicyclic) bond motifs is 1. The molecule has 0 saturated heterocycles. The number of aliphatic hydroxyl groups excluding tert-OH is 1. The lowest BCUT2D eigenvalue weighted by Gasteiger charge is -2.36. The summed E-state index contributed by atoms with van der Waals surface area (Å²) in [5, 5.41) is 16.8. The SMILES string of the molecule is C[C@@H]1Cc2c(C(=O)N(CC3CC(O)C3)C3CC3)n[nH]c2[C@H](C)O1. The van der Waals surface area contributed by atoms with E-state index in [0.29, 0.717) is 17.7 Å². The second-order valence-electron chi connectivity index (χ2n) is 7.44. The monoisotopic (exact) mass is 319 g/mol. The summed E-state index contributed by atoms with van der Waals surface area (Å²) in [6.45, 7) is 4.79. The van der Waals surface area contributed by atoms with Crippen LogP contribution in [0.5, 0.6) is 0 Å². The Morgan fingerprint density at radius 3 is 2.78 bits per heavy atom. The molecule has 6 nitrogen and oxygen atoms in total. The van der Waals surface area contributed by atoms with Gasteiger partial charge in [0.15, 0.2) is 5.69 Å². The lowest BCUT2D eigenvalue weighted by atomic mass is 9.82. The third-order valence-corrected chi connectivity index (χ3v) is 5.35. The highest BCUT2D eigenvalue weighted by molar-refractivity contribution is 5.94. The standard InChI is InChI=1S/C17H25N3O3/c1-9-5-14-15(10(2)23-9)18-19-16(14)17(22)20(12-3-4-12)8-11-6-13(21)7-11/h9-13,21H,3-8H2,1-2H3,(H,18,19)/t9-,10+,11?,13?/m1/s1. The molecule has 0 radical (unpaired) electrons. The van der Waals surface area contributed by atoms with Gasteiger partial charge in [-0.25, -0.2) is 0 Å². The largest absolute Gasteiger partial charge is 0.393 e. The van der Waals surface area contributed by atoms with Crippen molar-refractivity contribution in [3.63, 3.8) is 0 Å². The molecule has 2 N–H and O–H groups in total. The molecule has 6 heteroatoms. The molecule has 1 aromatic heterocycles. The maximum atomic E-state index is 13.1. The van der Waals surface area contributed by atoms with Crippen molar-refractivity contribution in [2.75, 3.05) is 6.54 Å². The molecule has 0 spiro atoms. The minimum atomic E-state index is -0.173. The number of amides is 1. The van der Waals surface area contributed by atoms with E-state index in [-0.39, 0.29) is 24.2 Å². The predicted octanol–water partition coefficient (Wildman–Crippen LogP) is 1.81. The van der Waals surface area contributed by atoms with E-state index in [0.717, 1.165) is 49.9 Å². The molecule has 4 rings (SSSR count). The number of ether oxygens (including phenoxy) is 1. The van der Waals surface area contributed by atoms with Gasteiger partial charge in [0.2, 0.25) is 0 Å². The quantitative estimate of drug-likeness (QED) is 0.887. The summed E-state index contributed by atoms with van der Waals surface area (Å²) in [5.41, 5.74) is 2.55. The highest BCUT2D eigenvalue weighted by atomic mass is 16.5. The average Bonchev–Trinajstić information content (AvgIpc) is 3.21. The summed E-state index contributed by atoms with van der Waals surface area (Å²) < 4.78 is 5.80. The molecule has 0 unspecified atom stereocenters. The highest BCUT2D eigenvalue weighted by Crippen LogP contribution is 2.36. The Labute approximate surface area is 136 Å². The smallest absolute Gasteiger partial charge is 0.274 e. The Kier molecular flexibility index (Phi) is 3.69. The lowest BCUT2D eigenvalue weighted by Crippen LogP contribution is -2.43. The molecule has 1 amide bonds. The van der Waals surface area contributed by atoms with Crippen LogP contribution >= 0.6 is 0 Å². The fourth-order valence-corrected chi connectivity index (χ4v) is 3.90. The van der Waals surface area contributed by atoms with Crippen molar-refractivity contribution in [2.24, 2.45) is 5.92 Å². The average molecular weight is 319 g/mol. The number of carbonyl (C=O) groups excluding carboxylic acids is 1. The minimum Gasteiger partial charge on any atom is -0.393 e. The van der Waals surface area contributed by atoms with E-state index in [4.69, 9.17) is 4.74 Å². The van der Waals surface area contributed by atoms with Crippen molar-refractivity contribution in [2.45, 2.75) is 70.3 Å². The number of rotatable bonds is 4. The third-order valence-electron chi connectivity index (χ3n) is 5.35. The van der Waals surface area contributed by atoms with Gasteiger partial charge in [-0.2, -0.15) is 5.10 Å². The summed E-state index contributed by atoms with van der Waals surface area (Å²) in [7, 11) is 0. The van der Waals surface area contributed by atoms with E-state index in [2.05, 4.69) is 10.2 Å². The van der Waals surface area contributed by atoms with Gasteiger partial charge in [-0.3, -0.25) is 9.89 Å². The maximum Gasteiger partial charge on any atom is 0.274 e. The van der Waals surface area contributed by atoms with Gasteiger partial charge < -0.3 is 14.7 Å². The molecule has 23 heavy (non-hydrogen) atoms. The van der Waals surface area contributed by atoms with Crippen molar-refractivity contribution < 1.29 is 14.6 Å². The number of hydrogen-bond acceptors (Lipinski definition) is 4. The van der Waals surface area contributed by atoms with Gasteiger partial charge in [-0.15, -0.1) is 0 Å². The fourth-order valence-electron chi connectivity index (χ4n) is 3.90. The van der Waals surface area contributed by atoms with Gasteiger partial charge in [-0.05, 0) is 45.4 Å². The zero-order valence-electron chi connectivity index (χ0n) is 13.8. The van der Waals surface area contributed by atoms with Crippen LogP contribution < -0.4 is 0 Å². The van der Waals surface area contributed by atoms with Crippen LogP contribution in [0.3, 0.4) is 0 Å². The fraction of sp³-hybridized carbons (Fsp3) is 0.765. The molecular formula is C17H25N3O3. The molecule has 126 valence electrons. The Bertz CT molecular complexity index is 604. The second kappa shape index (κ2) is 5.60. The van der Waals surface area contributed by atoms with Crippen molar-refractivity contribution >= 4 is 5.91 Å². The van der Waals surface area contributed by atoms with Crippen LogP contribution in [0.25, 0.3) is 0 Å². The zero-order chi connectivity index (χ0) is 16.1. The van der Waals surface area contributed by atoms with Gasteiger partial charge in [-0.1, -0.05) is 0 Å². The number of aromatic amines is 1. The first-order chi connectivity index (χ1) is 11.0. The Morgan fingerprint density at radius 2 is 2.13 bits per heavy atom. The van der Waals surface area contributed by atoms with Gasteiger partial charge in [0.05, 0.1) is 24.0 Å². The van der Waals surface area contributed by atoms with E-state index in [9.17, 15) is 9.90 Å². The van der Waals surface area contributed by atoms with Crippen molar-refractivity contribution in [1.29, 1.82) is 0 Å². The maximum absolute atomic E-state index is 13.1. The van der Waals surface area contributed by atoms with Gasteiger partial charge in [0.1, 0.15) is 0 Å². The van der Waals surface area contributed by atoms with Crippen LogP contribution in [-0.4, -0.2) is 50.9 Å². The molecule has 3 aliphatic rings. The number of aliphatic hydroxyl groups is 1. The Hall–Kier alpha value is -1.40. The van der Waals surface area contributed by atoms with Crippen molar-refractivity contribution in [3.05, 3.63) is 17.0 Å².